The van der Waals surface area contributed by atoms with Gasteiger partial charge < -0.3 is 20.4 Å². The van der Waals surface area contributed by atoms with Crippen LogP contribution in [0.1, 0.15) is 39.5 Å². The molecule has 154 valence electrons. The molecule has 28 heavy (non-hydrogen) atoms. The molecule has 4 N–H and O–H groups in total. The van der Waals surface area contributed by atoms with Gasteiger partial charge in [-0.2, -0.15) is 0 Å². The fourth-order valence-electron chi connectivity index (χ4n) is 6.85. The Hall–Kier alpha value is -1.41. The molecule has 0 heterocycles. The number of aliphatic hydroxyl groups excluding tert-OH is 3. The molecule has 4 aliphatic carbocycles. The van der Waals surface area contributed by atoms with Crippen molar-refractivity contribution in [1.82, 2.24) is 0 Å². The van der Waals surface area contributed by atoms with Crippen LogP contribution in [0.3, 0.4) is 0 Å². The zero-order valence-corrected chi connectivity index (χ0v) is 16.1. The van der Waals surface area contributed by atoms with Gasteiger partial charge in [0.1, 0.15) is 6.61 Å². The second kappa shape index (κ2) is 5.81. The third kappa shape index (κ3) is 2.01. The molecule has 3 saturated carbocycles. The Bertz CT molecular complexity index is 807. The summed E-state index contributed by atoms with van der Waals surface area (Å²) < 4.78 is 16.8. The lowest BCUT2D eigenvalue weighted by atomic mass is 9.44. The second-order valence-electron chi connectivity index (χ2n) is 9.36. The zero-order chi connectivity index (χ0) is 20.7. The maximum atomic E-state index is 16.8. The largest absolute Gasteiger partial charge is 0.390 e. The molecule has 3 fully saturated rings. The van der Waals surface area contributed by atoms with Crippen LogP contribution in [0.25, 0.3) is 0 Å². The van der Waals surface area contributed by atoms with Crippen molar-refractivity contribution in [2.24, 2.45) is 22.7 Å². The van der Waals surface area contributed by atoms with Crippen LogP contribution < -0.4 is 0 Å². The van der Waals surface area contributed by atoms with E-state index in [4.69, 9.17) is 0 Å². The number of allylic oxidation sites excluding steroid dienone is 4. The molecule has 0 bridgehead atoms. The van der Waals surface area contributed by atoms with E-state index in [1.54, 1.807) is 13.8 Å². The number of alkyl halides is 1. The Morgan fingerprint density at radius 1 is 1.25 bits per heavy atom. The van der Waals surface area contributed by atoms with Gasteiger partial charge in [0.2, 0.25) is 0 Å². The number of fused-ring (bicyclic) bond motifs is 5. The van der Waals surface area contributed by atoms with Crippen molar-refractivity contribution in [3.05, 3.63) is 23.8 Å². The molecular formula is C21H27FO6. The number of hydrogen-bond acceptors (Lipinski definition) is 6. The number of halogens is 1. The summed E-state index contributed by atoms with van der Waals surface area (Å²) in [6.45, 7) is 2.33. The van der Waals surface area contributed by atoms with Gasteiger partial charge in [0.25, 0.3) is 0 Å². The summed E-state index contributed by atoms with van der Waals surface area (Å²) in [4.78, 5) is 24.2. The fourth-order valence-corrected chi connectivity index (χ4v) is 6.85. The fraction of sp³-hybridized carbons (Fsp3) is 0.714. The summed E-state index contributed by atoms with van der Waals surface area (Å²) in [5.74, 6) is -2.38. The average molecular weight is 394 g/mol. The van der Waals surface area contributed by atoms with Crippen LogP contribution in [-0.4, -0.2) is 62.1 Å². The first kappa shape index (κ1) is 19.9. The summed E-state index contributed by atoms with van der Waals surface area (Å²) >= 11 is 0. The molecule has 0 radical (unpaired) electrons. The van der Waals surface area contributed by atoms with Gasteiger partial charge >= 0.3 is 0 Å². The molecule has 4 aliphatic rings. The molecule has 4 rings (SSSR count). The van der Waals surface area contributed by atoms with Crippen LogP contribution in [-0.2, 0) is 9.59 Å². The highest BCUT2D eigenvalue weighted by molar-refractivity contribution is 6.01. The first-order valence-corrected chi connectivity index (χ1v) is 9.82. The summed E-state index contributed by atoms with van der Waals surface area (Å²) in [7, 11) is 0. The van der Waals surface area contributed by atoms with Crippen LogP contribution >= 0.6 is 0 Å². The molecule has 8 atom stereocenters. The zero-order valence-electron chi connectivity index (χ0n) is 16.1. The van der Waals surface area contributed by atoms with E-state index in [1.165, 1.54) is 18.2 Å². The molecule has 0 aromatic rings. The molecule has 0 amide bonds. The second-order valence-corrected chi connectivity index (χ2v) is 9.36. The van der Waals surface area contributed by atoms with Gasteiger partial charge in [0.05, 0.1) is 12.2 Å². The van der Waals surface area contributed by atoms with Crippen LogP contribution in [0.5, 0.6) is 0 Å². The highest BCUT2D eigenvalue weighted by Crippen LogP contribution is 2.69. The Labute approximate surface area is 162 Å². The van der Waals surface area contributed by atoms with Crippen LogP contribution in [0.2, 0.25) is 0 Å². The monoisotopic (exact) mass is 394 g/mol. The Balaban J connectivity index is 1.84. The van der Waals surface area contributed by atoms with Gasteiger partial charge in [0, 0.05) is 16.7 Å². The van der Waals surface area contributed by atoms with Gasteiger partial charge in [0.15, 0.2) is 22.8 Å². The third-order valence-corrected chi connectivity index (χ3v) is 8.43. The van der Waals surface area contributed by atoms with E-state index in [9.17, 15) is 30.0 Å². The maximum absolute atomic E-state index is 16.8. The van der Waals surface area contributed by atoms with Crippen LogP contribution in [0.15, 0.2) is 23.8 Å². The number of rotatable bonds is 2. The van der Waals surface area contributed by atoms with Gasteiger partial charge in [-0.05, 0) is 50.7 Å². The number of ketones is 2. The minimum atomic E-state index is -2.23. The van der Waals surface area contributed by atoms with Crippen LogP contribution in [0, 0.1) is 22.7 Å². The lowest BCUT2D eigenvalue weighted by Crippen LogP contribution is -2.69. The lowest BCUT2D eigenvalue weighted by molar-refractivity contribution is -0.222. The summed E-state index contributed by atoms with van der Waals surface area (Å²) in [6.07, 6.45) is 1.93. The van der Waals surface area contributed by atoms with E-state index < -0.39 is 58.5 Å². The van der Waals surface area contributed by atoms with Gasteiger partial charge in [-0.15, -0.1) is 0 Å². The molecule has 6 nitrogen and oxygen atoms in total. The molecule has 0 spiro atoms. The molecule has 0 aliphatic heterocycles. The van der Waals surface area contributed by atoms with Crippen molar-refractivity contribution in [3.8, 4) is 0 Å². The lowest BCUT2D eigenvalue weighted by Gasteiger charge is -2.62. The number of carbonyl (C=O) groups is 2. The minimum absolute atomic E-state index is 0.0135. The van der Waals surface area contributed by atoms with Crippen molar-refractivity contribution in [3.63, 3.8) is 0 Å². The van der Waals surface area contributed by atoms with Crippen molar-refractivity contribution < 1.29 is 34.4 Å². The number of Topliss-reactive ketones (excluding diaryl/α,β-unsaturated/α-hetero) is 1. The number of carbonyl (C=O) groups excluding carboxylic acids is 2. The van der Waals surface area contributed by atoms with E-state index in [0.29, 0.717) is 18.4 Å². The number of aliphatic hydroxyl groups is 4. The summed E-state index contributed by atoms with van der Waals surface area (Å²) in [6, 6.07) is 0. The SMILES string of the molecule is CC12C[C@H](O)[C@@]3(F)C(CCC4=CC(=O)C=CC43C)C1C[C@@H](O)[C@]2(O)C(=O)CO. The Kier molecular flexibility index (Phi) is 4.13. The summed E-state index contributed by atoms with van der Waals surface area (Å²) in [5, 5.41) is 42.1. The van der Waals surface area contributed by atoms with Gasteiger partial charge in [-0.1, -0.05) is 18.6 Å². The van der Waals surface area contributed by atoms with Crippen molar-refractivity contribution in [2.45, 2.75) is 63.0 Å². The molecule has 0 saturated heterocycles. The highest BCUT2D eigenvalue weighted by Gasteiger charge is 2.76. The molecule has 4 unspecified atom stereocenters. The summed E-state index contributed by atoms with van der Waals surface area (Å²) in [5.41, 5.74) is -6.12. The number of hydrogen-bond donors (Lipinski definition) is 4. The normalized spacial score (nSPS) is 52.5. The van der Waals surface area contributed by atoms with E-state index in [0.717, 1.165) is 0 Å². The van der Waals surface area contributed by atoms with E-state index >= 15 is 4.39 Å². The van der Waals surface area contributed by atoms with Gasteiger partial charge in [-0.3, -0.25) is 9.59 Å². The Morgan fingerprint density at radius 3 is 2.57 bits per heavy atom. The van der Waals surface area contributed by atoms with Crippen LogP contribution in [0.4, 0.5) is 4.39 Å². The van der Waals surface area contributed by atoms with E-state index in [2.05, 4.69) is 0 Å². The predicted octanol–water partition coefficient (Wildman–Crippen LogP) is 0.620. The smallest absolute Gasteiger partial charge is 0.192 e. The van der Waals surface area contributed by atoms with E-state index in [-0.39, 0.29) is 18.6 Å². The minimum Gasteiger partial charge on any atom is -0.390 e. The molecular weight excluding hydrogens is 367 g/mol. The Morgan fingerprint density at radius 2 is 1.93 bits per heavy atom. The molecule has 7 heteroatoms. The van der Waals surface area contributed by atoms with Gasteiger partial charge in [-0.25, -0.2) is 4.39 Å². The first-order chi connectivity index (χ1) is 13.0. The predicted molar refractivity (Wildman–Crippen MR) is 96.8 cm³/mol. The quantitative estimate of drug-likeness (QED) is 0.546. The van der Waals surface area contributed by atoms with E-state index in [1.807, 2.05) is 0 Å². The van der Waals surface area contributed by atoms with Crippen molar-refractivity contribution >= 4 is 11.6 Å². The maximum Gasteiger partial charge on any atom is 0.192 e. The standard InChI is InChI=1S/C21H27FO6/c1-18-6-5-12(24)7-11(18)3-4-13-14-8-15(25)21(28,17(27)10-23)19(14,2)9-16(26)20(13,18)22/h5-7,13-16,23,25-26,28H,3-4,8-10H2,1-2H3/t13?,14?,15-,16+,18?,19?,20+,21+/m1/s1. The third-order valence-electron chi connectivity index (χ3n) is 8.43. The van der Waals surface area contributed by atoms with Crippen molar-refractivity contribution in [2.75, 3.05) is 6.61 Å². The first-order valence-electron chi connectivity index (χ1n) is 9.82. The topological polar surface area (TPSA) is 115 Å². The molecule has 0 aromatic carbocycles. The van der Waals surface area contributed by atoms with Crippen molar-refractivity contribution in [1.29, 1.82) is 0 Å². The average Bonchev–Trinajstić information content (AvgIpc) is 2.84. The molecule has 0 aromatic heterocycles. The highest BCUT2D eigenvalue weighted by atomic mass is 19.1.